The van der Waals surface area contributed by atoms with Crippen molar-refractivity contribution >= 4 is 11.6 Å². The van der Waals surface area contributed by atoms with Crippen LogP contribution in [0.1, 0.15) is 18.7 Å². The van der Waals surface area contributed by atoms with Gasteiger partial charge in [0.25, 0.3) is 0 Å². The van der Waals surface area contributed by atoms with Crippen molar-refractivity contribution in [1.29, 1.82) is 0 Å². The minimum Gasteiger partial charge on any atom is -0.396 e. The maximum absolute atomic E-state index is 12.7. The number of nitrogens with two attached hydrogens (primary N) is 1. The van der Waals surface area contributed by atoms with Crippen LogP contribution in [0.3, 0.4) is 0 Å². The first-order chi connectivity index (χ1) is 9.44. The van der Waals surface area contributed by atoms with Crippen molar-refractivity contribution in [2.24, 2.45) is 11.8 Å². The number of nitrogens with one attached hydrogen (secondary N) is 1. The van der Waals surface area contributed by atoms with Gasteiger partial charge >= 0.3 is 6.18 Å². The number of aliphatic hydroxyl groups excluding tert-OH is 1. The quantitative estimate of drug-likeness (QED) is 0.568. The molecule has 2 rings (SSSR count). The molecular formula is C11H16F3N5O. The van der Waals surface area contributed by atoms with Crippen LogP contribution in [0.2, 0.25) is 0 Å². The van der Waals surface area contributed by atoms with Gasteiger partial charge in [0.15, 0.2) is 0 Å². The van der Waals surface area contributed by atoms with Crippen molar-refractivity contribution < 1.29 is 18.3 Å². The van der Waals surface area contributed by atoms with E-state index in [4.69, 9.17) is 10.9 Å². The number of nitrogen functional groups attached to an aromatic ring is 1. The Hall–Kier alpha value is -1.61. The minimum atomic E-state index is -4.63. The smallest absolute Gasteiger partial charge is 0.396 e. The summed E-state index contributed by atoms with van der Waals surface area (Å²) >= 11 is 0. The van der Waals surface area contributed by atoms with Crippen molar-refractivity contribution in [3.8, 4) is 0 Å². The van der Waals surface area contributed by atoms with Crippen molar-refractivity contribution in [2.45, 2.75) is 19.0 Å². The molecule has 0 bridgehead atoms. The Morgan fingerprint density at radius 1 is 1.45 bits per heavy atom. The Bertz CT molecular complexity index is 468. The molecular weight excluding hydrogens is 275 g/mol. The molecule has 1 unspecified atom stereocenters. The van der Waals surface area contributed by atoms with Crippen molar-refractivity contribution in [2.75, 3.05) is 30.0 Å². The molecule has 1 aliphatic heterocycles. The van der Waals surface area contributed by atoms with E-state index in [1.807, 2.05) is 0 Å². The molecule has 1 saturated heterocycles. The van der Waals surface area contributed by atoms with E-state index in [-0.39, 0.29) is 24.2 Å². The molecule has 0 aromatic carbocycles. The molecule has 1 atom stereocenters. The fourth-order valence-corrected chi connectivity index (χ4v) is 2.22. The monoisotopic (exact) mass is 291 g/mol. The van der Waals surface area contributed by atoms with Crippen LogP contribution in [-0.4, -0.2) is 34.8 Å². The summed E-state index contributed by atoms with van der Waals surface area (Å²) in [6, 6.07) is 1.37. The molecule has 0 spiro atoms. The van der Waals surface area contributed by atoms with Gasteiger partial charge in [-0.25, -0.2) is 15.8 Å². The zero-order valence-corrected chi connectivity index (χ0v) is 10.7. The first-order valence-corrected chi connectivity index (χ1v) is 6.22. The van der Waals surface area contributed by atoms with E-state index >= 15 is 0 Å². The summed E-state index contributed by atoms with van der Waals surface area (Å²) in [6.45, 7) is 1.07. The van der Waals surface area contributed by atoms with E-state index in [0.29, 0.717) is 13.1 Å². The summed E-state index contributed by atoms with van der Waals surface area (Å²) in [4.78, 5) is 8.58. The summed E-state index contributed by atoms with van der Waals surface area (Å²) < 4.78 is 38.2. The molecule has 1 aromatic rings. The van der Waals surface area contributed by atoms with E-state index < -0.39 is 12.0 Å². The van der Waals surface area contributed by atoms with Gasteiger partial charge < -0.3 is 15.4 Å². The molecule has 20 heavy (non-hydrogen) atoms. The van der Waals surface area contributed by atoms with Gasteiger partial charge in [-0.2, -0.15) is 13.2 Å². The number of rotatable bonds is 3. The van der Waals surface area contributed by atoms with Crippen LogP contribution < -0.4 is 16.2 Å². The van der Waals surface area contributed by atoms with E-state index in [2.05, 4.69) is 15.4 Å². The van der Waals surface area contributed by atoms with Gasteiger partial charge in [-0.15, -0.1) is 0 Å². The van der Waals surface area contributed by atoms with Gasteiger partial charge in [0.05, 0.1) is 0 Å². The third-order valence-electron chi connectivity index (χ3n) is 3.22. The van der Waals surface area contributed by atoms with Gasteiger partial charge in [-0.3, -0.25) is 0 Å². The second-order valence-electron chi connectivity index (χ2n) is 4.71. The summed E-state index contributed by atoms with van der Waals surface area (Å²) in [5.41, 5.74) is 2.12. The van der Waals surface area contributed by atoms with Gasteiger partial charge in [0.2, 0.25) is 5.82 Å². The third kappa shape index (κ3) is 3.28. The largest absolute Gasteiger partial charge is 0.451 e. The fourth-order valence-electron chi connectivity index (χ4n) is 2.22. The fraction of sp³-hybridized carbons (Fsp3) is 0.636. The Kier molecular flexibility index (Phi) is 4.29. The lowest BCUT2D eigenvalue weighted by molar-refractivity contribution is -0.144. The lowest BCUT2D eigenvalue weighted by Crippen LogP contribution is -2.37. The van der Waals surface area contributed by atoms with Gasteiger partial charge in [-0.1, -0.05) is 0 Å². The minimum absolute atomic E-state index is 0.00963. The molecule has 1 aromatic heterocycles. The Balaban J connectivity index is 2.30. The van der Waals surface area contributed by atoms with Crippen LogP contribution in [0.5, 0.6) is 0 Å². The number of hydrazine groups is 1. The highest BCUT2D eigenvalue weighted by Gasteiger charge is 2.36. The maximum atomic E-state index is 12.7. The first-order valence-electron chi connectivity index (χ1n) is 6.22. The Morgan fingerprint density at radius 2 is 2.20 bits per heavy atom. The van der Waals surface area contributed by atoms with E-state index in [1.165, 1.54) is 6.07 Å². The summed E-state index contributed by atoms with van der Waals surface area (Å²) in [7, 11) is 0. The molecule has 1 aliphatic rings. The third-order valence-corrected chi connectivity index (χ3v) is 3.22. The first kappa shape index (κ1) is 14.8. The molecule has 0 aliphatic carbocycles. The van der Waals surface area contributed by atoms with E-state index in [9.17, 15) is 13.2 Å². The zero-order chi connectivity index (χ0) is 14.8. The normalized spacial score (nSPS) is 20.1. The van der Waals surface area contributed by atoms with Crippen LogP contribution in [-0.2, 0) is 6.18 Å². The number of piperidine rings is 1. The average molecular weight is 291 g/mol. The van der Waals surface area contributed by atoms with Gasteiger partial charge in [0.1, 0.15) is 11.6 Å². The molecule has 0 amide bonds. The maximum Gasteiger partial charge on any atom is 0.451 e. The van der Waals surface area contributed by atoms with Crippen LogP contribution in [0.15, 0.2) is 6.07 Å². The Labute approximate surface area is 113 Å². The number of hydrogen-bond donors (Lipinski definition) is 3. The number of hydrogen-bond acceptors (Lipinski definition) is 6. The molecule has 2 heterocycles. The molecule has 6 nitrogen and oxygen atoms in total. The number of halogens is 3. The summed E-state index contributed by atoms with van der Waals surface area (Å²) in [5.74, 6) is 4.04. The van der Waals surface area contributed by atoms with Gasteiger partial charge in [0, 0.05) is 25.8 Å². The highest BCUT2D eigenvalue weighted by molar-refractivity contribution is 5.49. The zero-order valence-electron chi connectivity index (χ0n) is 10.7. The highest BCUT2D eigenvalue weighted by atomic mass is 19.4. The van der Waals surface area contributed by atoms with Crippen LogP contribution >= 0.6 is 0 Å². The topological polar surface area (TPSA) is 87.3 Å². The molecule has 0 saturated carbocycles. The molecule has 112 valence electrons. The number of aliphatic hydroxyl groups is 1. The average Bonchev–Trinajstić information content (AvgIpc) is 2.46. The van der Waals surface area contributed by atoms with Crippen LogP contribution in [0, 0.1) is 5.92 Å². The summed E-state index contributed by atoms with van der Waals surface area (Å²) in [5, 5.41) is 9.17. The van der Waals surface area contributed by atoms with Crippen molar-refractivity contribution in [3.05, 3.63) is 11.9 Å². The second-order valence-corrected chi connectivity index (χ2v) is 4.71. The number of aromatic nitrogens is 2. The van der Waals surface area contributed by atoms with E-state index in [0.717, 1.165) is 12.8 Å². The summed E-state index contributed by atoms with van der Waals surface area (Å²) in [6.07, 6.45) is -2.98. The number of alkyl halides is 3. The van der Waals surface area contributed by atoms with E-state index in [1.54, 1.807) is 4.90 Å². The van der Waals surface area contributed by atoms with Crippen molar-refractivity contribution in [1.82, 2.24) is 9.97 Å². The number of anilines is 2. The molecule has 1 fully saturated rings. The second kappa shape index (κ2) is 5.80. The van der Waals surface area contributed by atoms with Crippen LogP contribution in [0.25, 0.3) is 0 Å². The molecule has 4 N–H and O–H groups in total. The standard InChI is InChI=1S/C11H16F3N5O/c12-11(13,14)10-16-8(18-15)4-9(17-10)19-3-1-2-7(5-19)6-20/h4,7,20H,1-3,5-6,15H2,(H,16,17,18). The van der Waals surface area contributed by atoms with Crippen molar-refractivity contribution in [3.63, 3.8) is 0 Å². The number of nitrogens with zero attached hydrogens (tertiary/aromatic N) is 3. The predicted molar refractivity (Wildman–Crippen MR) is 66.9 cm³/mol. The predicted octanol–water partition coefficient (Wildman–Crippen LogP) is 0.990. The SMILES string of the molecule is NNc1cc(N2CCCC(CO)C2)nc(C(F)(F)F)n1. The lowest BCUT2D eigenvalue weighted by atomic mass is 9.99. The lowest BCUT2D eigenvalue weighted by Gasteiger charge is -2.33. The van der Waals surface area contributed by atoms with Gasteiger partial charge in [-0.05, 0) is 18.8 Å². The molecule has 0 radical (unpaired) electrons. The van der Waals surface area contributed by atoms with Crippen LogP contribution in [0.4, 0.5) is 24.8 Å². The molecule has 9 heteroatoms. The highest BCUT2D eigenvalue weighted by Crippen LogP contribution is 2.30. The Morgan fingerprint density at radius 3 is 2.80 bits per heavy atom.